The monoisotopic (exact) mass is 202 g/mol. The minimum Gasteiger partial charge on any atom is -0.447 e. The highest BCUT2D eigenvalue weighted by Gasteiger charge is 2.32. The third kappa shape index (κ3) is 1.78. The average molecular weight is 202 g/mol. The predicted octanol–water partition coefficient (Wildman–Crippen LogP) is 2.48. The number of carbonyl (C=O) groups is 1. The van der Waals surface area contributed by atoms with Gasteiger partial charge in [0.2, 0.25) is 0 Å². The van der Waals surface area contributed by atoms with Crippen LogP contribution in [-0.4, -0.2) is 17.6 Å². The van der Waals surface area contributed by atoms with Gasteiger partial charge in [-0.05, 0) is 5.56 Å². The second-order valence-electron chi connectivity index (χ2n) is 3.16. The number of cyclic esters (lactones) is 1. The van der Waals surface area contributed by atoms with Crippen LogP contribution in [0, 0.1) is 0 Å². The maximum absolute atomic E-state index is 11.5. The van der Waals surface area contributed by atoms with E-state index in [9.17, 15) is 4.79 Å². The third-order valence-electron chi connectivity index (χ3n) is 2.26. The van der Waals surface area contributed by atoms with Crippen molar-refractivity contribution in [2.24, 2.45) is 0 Å². The van der Waals surface area contributed by atoms with Crippen molar-refractivity contribution in [1.29, 1.82) is 0 Å². The summed E-state index contributed by atoms with van der Waals surface area (Å²) in [5.41, 5.74) is 3.33. The van der Waals surface area contributed by atoms with Gasteiger partial charge in [-0.3, -0.25) is 4.90 Å². The van der Waals surface area contributed by atoms with E-state index in [0.717, 1.165) is 5.56 Å². The Hall–Kier alpha value is -1.99. The maximum atomic E-state index is 11.5. The lowest BCUT2D eigenvalue weighted by molar-refractivity contribution is 0.166. The normalized spacial score (nSPS) is 20.5. The predicted molar refractivity (Wildman–Crippen MR) is 56.1 cm³/mol. The molecule has 3 nitrogen and oxygen atoms in total. The Morgan fingerprint density at radius 2 is 2.33 bits per heavy atom. The van der Waals surface area contributed by atoms with Gasteiger partial charge in [0, 0.05) is 0 Å². The van der Waals surface area contributed by atoms with Crippen LogP contribution in [0.2, 0.25) is 0 Å². The summed E-state index contributed by atoms with van der Waals surface area (Å²) >= 11 is 0. The van der Waals surface area contributed by atoms with Crippen LogP contribution < -0.4 is 0 Å². The smallest absolute Gasteiger partial charge is 0.415 e. The molecule has 0 bridgehead atoms. The van der Waals surface area contributed by atoms with Gasteiger partial charge >= 0.3 is 6.09 Å². The molecule has 76 valence electrons. The first-order valence-corrected chi connectivity index (χ1v) is 4.61. The molecule has 1 atom stereocenters. The van der Waals surface area contributed by atoms with Crippen molar-refractivity contribution in [1.82, 2.24) is 4.90 Å². The fourth-order valence-electron chi connectivity index (χ4n) is 1.55. The lowest BCUT2D eigenvalue weighted by Gasteiger charge is -2.16. The molecular weight excluding hydrogens is 190 g/mol. The number of nitrogens with zero attached hydrogens (tertiary/aromatic N) is 1. The topological polar surface area (TPSA) is 29.5 Å². The van der Waals surface area contributed by atoms with Gasteiger partial charge in [-0.2, -0.15) is 0 Å². The second kappa shape index (κ2) is 4.03. The number of hydrogen-bond acceptors (Lipinski definition) is 2. The van der Waals surface area contributed by atoms with Crippen molar-refractivity contribution in [3.8, 4) is 0 Å². The van der Waals surface area contributed by atoms with Crippen molar-refractivity contribution < 1.29 is 10.9 Å². The molecule has 2 rings (SSSR count). The highest BCUT2D eigenvalue weighted by molar-refractivity contribution is 5.71. The molecule has 1 fully saturated rings. The quantitative estimate of drug-likeness (QED) is 0.689. The fraction of sp³-hybridized carbons (Fsp3) is 0.167. The number of rotatable bonds is 2. The second-order valence-corrected chi connectivity index (χ2v) is 3.16. The Kier molecular flexibility index (Phi) is 2.24. The Morgan fingerprint density at radius 1 is 1.60 bits per heavy atom. The van der Waals surface area contributed by atoms with Crippen molar-refractivity contribution in [2.75, 3.05) is 6.61 Å². The van der Waals surface area contributed by atoms with Crippen LogP contribution in [0.4, 0.5) is 4.79 Å². The number of ether oxygens (including phenoxy) is 1. The van der Waals surface area contributed by atoms with E-state index < -0.39 is 6.09 Å². The molecule has 1 heterocycles. The summed E-state index contributed by atoms with van der Waals surface area (Å²) in [6.45, 7) is 3.63. The van der Waals surface area contributed by atoms with Crippen LogP contribution in [0.1, 0.15) is 13.0 Å². The molecule has 1 saturated heterocycles. The molecule has 0 saturated carbocycles. The van der Waals surface area contributed by atoms with Crippen molar-refractivity contribution in [3.05, 3.63) is 54.4 Å². The van der Waals surface area contributed by atoms with Crippen molar-refractivity contribution in [2.45, 2.75) is 6.04 Å². The van der Waals surface area contributed by atoms with Crippen LogP contribution in [0.15, 0.2) is 48.8 Å². The van der Waals surface area contributed by atoms with E-state index in [2.05, 4.69) is 12.3 Å². The van der Waals surface area contributed by atoms with Gasteiger partial charge in [0.25, 0.3) is 0 Å². The molecule has 15 heavy (non-hydrogen) atoms. The number of carbonyl (C=O) groups excluding carboxylic acids is 1. The van der Waals surface area contributed by atoms with Crippen LogP contribution in [0.3, 0.4) is 0 Å². The summed E-state index contributed by atoms with van der Waals surface area (Å²) in [4.78, 5) is 12.7. The molecule has 0 aromatic heterocycles. The lowest BCUT2D eigenvalue weighted by atomic mass is 10.1. The van der Waals surface area contributed by atoms with Crippen LogP contribution in [0.5, 0.6) is 0 Å². The summed E-state index contributed by atoms with van der Waals surface area (Å²) in [7, 11) is 0. The number of benzene rings is 1. The van der Waals surface area contributed by atoms with Crippen LogP contribution in [-0.2, 0) is 4.74 Å². The molecule has 0 N–H and O–H groups in total. The van der Waals surface area contributed by atoms with Crippen molar-refractivity contribution >= 4 is 6.09 Å². The van der Waals surface area contributed by atoms with Gasteiger partial charge in [-0.1, -0.05) is 36.9 Å². The highest BCUT2D eigenvalue weighted by Crippen LogP contribution is 2.27. The first-order chi connectivity index (χ1) is 7.74. The maximum Gasteiger partial charge on any atom is 0.415 e. The van der Waals surface area contributed by atoms with E-state index >= 15 is 0 Å². The van der Waals surface area contributed by atoms with E-state index in [4.69, 9.17) is 6.11 Å². The summed E-state index contributed by atoms with van der Waals surface area (Å²) < 4.78 is 12.5. The molecule has 0 unspecified atom stereocenters. The zero-order valence-electron chi connectivity index (χ0n) is 9.14. The Balaban J connectivity index is 2.35. The Labute approximate surface area is 89.7 Å². The van der Waals surface area contributed by atoms with E-state index in [1.54, 1.807) is 0 Å². The first-order valence-electron chi connectivity index (χ1n) is 5.11. The summed E-state index contributed by atoms with van der Waals surface area (Å²) in [5.74, 6) is 0. The molecule has 0 spiro atoms. The minimum atomic E-state index is -0.519. The molecule has 1 aromatic carbocycles. The Bertz CT molecular complexity index is 451. The van der Waals surface area contributed by atoms with E-state index in [1.807, 2.05) is 30.3 Å². The molecular formula is C12H11NO2. The summed E-state index contributed by atoms with van der Waals surface area (Å²) in [5, 5.41) is 0. The SMILES string of the molecule is [2H]C(=C=C)N1C(=O)OC[C@H]1c1ccccc1. The molecule has 1 aliphatic heterocycles. The van der Waals surface area contributed by atoms with Gasteiger partial charge < -0.3 is 4.74 Å². The molecule has 1 aliphatic rings. The summed E-state index contributed by atoms with van der Waals surface area (Å²) in [6.07, 6.45) is -0.577. The molecule has 0 radical (unpaired) electrons. The molecule has 1 aromatic rings. The third-order valence-corrected chi connectivity index (χ3v) is 2.26. The summed E-state index contributed by atoms with van der Waals surface area (Å²) in [6, 6.07) is 9.22. The molecule has 3 heteroatoms. The Morgan fingerprint density at radius 3 is 3.00 bits per heavy atom. The van der Waals surface area contributed by atoms with Crippen LogP contribution >= 0.6 is 0 Å². The zero-order chi connectivity index (χ0) is 11.5. The van der Waals surface area contributed by atoms with Crippen molar-refractivity contribution in [3.63, 3.8) is 0 Å². The highest BCUT2D eigenvalue weighted by atomic mass is 16.6. The van der Waals surface area contributed by atoms with E-state index in [1.165, 1.54) is 4.90 Å². The van der Waals surface area contributed by atoms with Gasteiger partial charge in [-0.25, -0.2) is 4.79 Å². The zero-order valence-corrected chi connectivity index (χ0v) is 8.14. The van der Waals surface area contributed by atoms with Gasteiger partial charge in [0.1, 0.15) is 6.61 Å². The minimum absolute atomic E-state index is 0.0589. The van der Waals surface area contributed by atoms with Gasteiger partial charge in [-0.15, -0.1) is 5.73 Å². The fourth-order valence-corrected chi connectivity index (χ4v) is 1.55. The lowest BCUT2D eigenvalue weighted by Crippen LogP contribution is -2.21. The van der Waals surface area contributed by atoms with E-state index in [-0.39, 0.29) is 18.8 Å². The first kappa shape index (κ1) is 8.33. The number of amides is 1. The van der Waals surface area contributed by atoms with Gasteiger partial charge in [0.15, 0.2) is 0 Å². The van der Waals surface area contributed by atoms with Gasteiger partial charge in [0.05, 0.1) is 13.6 Å². The molecule has 1 amide bonds. The number of hydrogen-bond donors (Lipinski definition) is 0. The van der Waals surface area contributed by atoms with E-state index in [0.29, 0.717) is 0 Å². The average Bonchev–Trinajstić information content (AvgIpc) is 2.71. The molecule has 0 aliphatic carbocycles. The standard InChI is InChI=1S/C12H11NO2/c1-2-8-13-11(9-15-12(13)14)10-6-4-3-5-7-10/h3-8,11H,1,9H2/t11-/m0/s1/i8D. The largest absolute Gasteiger partial charge is 0.447 e. The van der Waals surface area contributed by atoms with Crippen LogP contribution in [0.25, 0.3) is 0 Å².